The molecule has 3 rings (SSSR count). The van der Waals surface area contributed by atoms with Crippen LogP contribution in [-0.2, 0) is 0 Å². The van der Waals surface area contributed by atoms with E-state index in [1.165, 1.54) is 38.5 Å². The molecule has 1 aromatic rings. The zero-order valence-corrected chi connectivity index (χ0v) is 10.3. The zero-order valence-electron chi connectivity index (χ0n) is 10.3. The summed E-state index contributed by atoms with van der Waals surface area (Å²) < 4.78 is 5.48. The summed E-state index contributed by atoms with van der Waals surface area (Å²) in [6.07, 6.45) is 8.69. The van der Waals surface area contributed by atoms with E-state index in [1.807, 2.05) is 0 Å². The van der Waals surface area contributed by atoms with E-state index in [2.05, 4.69) is 10.1 Å². The van der Waals surface area contributed by atoms with Crippen LogP contribution in [0.4, 0.5) is 0 Å². The molecule has 0 saturated heterocycles. The van der Waals surface area contributed by atoms with Crippen molar-refractivity contribution < 1.29 is 4.52 Å². The highest BCUT2D eigenvalue weighted by atomic mass is 16.5. The molecule has 4 heteroatoms. The largest absolute Gasteiger partial charge is 0.339 e. The van der Waals surface area contributed by atoms with Crippen molar-refractivity contribution in [1.82, 2.24) is 10.1 Å². The van der Waals surface area contributed by atoms with E-state index in [0.29, 0.717) is 17.8 Å². The molecule has 0 bridgehead atoms. The Hall–Kier alpha value is -0.900. The summed E-state index contributed by atoms with van der Waals surface area (Å²) in [6, 6.07) is 0. The number of hydrogen-bond donors (Lipinski definition) is 1. The van der Waals surface area contributed by atoms with E-state index in [4.69, 9.17) is 10.3 Å². The van der Waals surface area contributed by atoms with Crippen molar-refractivity contribution in [1.29, 1.82) is 0 Å². The van der Waals surface area contributed by atoms with Crippen LogP contribution in [0.15, 0.2) is 4.52 Å². The van der Waals surface area contributed by atoms with E-state index in [9.17, 15) is 0 Å². The molecule has 2 aliphatic rings. The molecule has 94 valence electrons. The fraction of sp³-hybridized carbons (Fsp3) is 0.846. The molecule has 2 atom stereocenters. The molecule has 4 nitrogen and oxygen atoms in total. The van der Waals surface area contributed by atoms with Crippen LogP contribution in [0.5, 0.6) is 0 Å². The van der Waals surface area contributed by atoms with Crippen LogP contribution in [0.3, 0.4) is 0 Å². The second-order valence-electron chi connectivity index (χ2n) is 5.51. The highest BCUT2D eigenvalue weighted by molar-refractivity contribution is 5.04. The maximum atomic E-state index is 5.85. The molecule has 2 unspecified atom stereocenters. The third-order valence-electron chi connectivity index (χ3n) is 4.46. The van der Waals surface area contributed by atoms with E-state index < -0.39 is 0 Å². The lowest BCUT2D eigenvalue weighted by molar-refractivity contribution is 0.248. The van der Waals surface area contributed by atoms with Crippen LogP contribution in [0.25, 0.3) is 0 Å². The van der Waals surface area contributed by atoms with Gasteiger partial charge in [-0.05, 0) is 38.1 Å². The molecule has 0 amide bonds. The van der Waals surface area contributed by atoms with Crippen LogP contribution in [0, 0.1) is 5.92 Å². The molecule has 2 fully saturated rings. The van der Waals surface area contributed by atoms with Gasteiger partial charge >= 0.3 is 0 Å². The van der Waals surface area contributed by atoms with Gasteiger partial charge in [0.25, 0.3) is 0 Å². The van der Waals surface area contributed by atoms with Gasteiger partial charge in [-0.2, -0.15) is 4.98 Å². The minimum Gasteiger partial charge on any atom is -0.339 e. The fourth-order valence-electron chi connectivity index (χ4n) is 3.05. The predicted octanol–water partition coefficient (Wildman–Crippen LogP) is 2.57. The van der Waals surface area contributed by atoms with Gasteiger partial charge in [0.15, 0.2) is 5.82 Å². The van der Waals surface area contributed by atoms with Crippen molar-refractivity contribution in [3.05, 3.63) is 11.7 Å². The van der Waals surface area contributed by atoms with Crippen LogP contribution < -0.4 is 5.73 Å². The summed E-state index contributed by atoms with van der Waals surface area (Å²) in [7, 11) is 0. The van der Waals surface area contributed by atoms with Gasteiger partial charge in [0.05, 0.1) is 0 Å². The first-order valence-corrected chi connectivity index (χ1v) is 6.92. The van der Waals surface area contributed by atoms with Gasteiger partial charge in [-0.15, -0.1) is 0 Å². The van der Waals surface area contributed by atoms with Gasteiger partial charge in [0.1, 0.15) is 0 Å². The van der Waals surface area contributed by atoms with Crippen molar-refractivity contribution in [3.8, 4) is 0 Å². The third kappa shape index (κ3) is 2.10. The first kappa shape index (κ1) is 11.2. The highest BCUT2D eigenvalue weighted by Gasteiger charge is 2.32. The molecule has 0 aromatic carbocycles. The van der Waals surface area contributed by atoms with E-state index in [1.54, 1.807) is 0 Å². The van der Waals surface area contributed by atoms with Crippen molar-refractivity contribution in [3.63, 3.8) is 0 Å². The Labute approximate surface area is 102 Å². The molecule has 1 heterocycles. The molecule has 2 aliphatic carbocycles. The molecule has 17 heavy (non-hydrogen) atoms. The summed E-state index contributed by atoms with van der Waals surface area (Å²) in [6.45, 7) is 0.742. The quantitative estimate of drug-likeness (QED) is 0.874. The van der Waals surface area contributed by atoms with Gasteiger partial charge < -0.3 is 10.3 Å². The Kier molecular flexibility index (Phi) is 3.14. The van der Waals surface area contributed by atoms with Crippen LogP contribution in [-0.4, -0.2) is 16.7 Å². The Bertz CT molecular complexity index is 372. The minimum atomic E-state index is 0.412. The summed E-state index contributed by atoms with van der Waals surface area (Å²) in [5, 5.41) is 4.16. The topological polar surface area (TPSA) is 64.9 Å². The molecular weight excluding hydrogens is 214 g/mol. The van der Waals surface area contributed by atoms with Crippen molar-refractivity contribution >= 4 is 0 Å². The summed E-state index contributed by atoms with van der Waals surface area (Å²) in [4.78, 5) is 4.62. The number of hydrogen-bond acceptors (Lipinski definition) is 4. The standard InChI is InChI=1S/C13H21N3O/c14-8-10-4-1-2-7-11(10)13-15-12(16-17-13)9-5-3-6-9/h9-11H,1-8,14H2. The normalized spacial score (nSPS) is 30.2. The third-order valence-corrected chi connectivity index (χ3v) is 4.46. The van der Waals surface area contributed by atoms with Crippen molar-refractivity contribution in [2.24, 2.45) is 11.7 Å². The summed E-state index contributed by atoms with van der Waals surface area (Å²) >= 11 is 0. The van der Waals surface area contributed by atoms with Gasteiger partial charge in [-0.1, -0.05) is 24.4 Å². The summed E-state index contributed by atoms with van der Waals surface area (Å²) in [5.41, 5.74) is 5.85. The second kappa shape index (κ2) is 4.77. The number of aromatic nitrogens is 2. The Morgan fingerprint density at radius 2 is 1.94 bits per heavy atom. The van der Waals surface area contributed by atoms with Crippen LogP contribution in [0.2, 0.25) is 0 Å². The second-order valence-corrected chi connectivity index (χ2v) is 5.51. The molecule has 2 saturated carbocycles. The highest BCUT2D eigenvalue weighted by Crippen LogP contribution is 2.39. The zero-order chi connectivity index (χ0) is 11.7. The average molecular weight is 235 g/mol. The molecular formula is C13H21N3O. The lowest BCUT2D eigenvalue weighted by atomic mass is 9.79. The first-order valence-electron chi connectivity index (χ1n) is 6.92. The maximum Gasteiger partial charge on any atom is 0.230 e. The minimum absolute atomic E-state index is 0.412. The fourth-order valence-corrected chi connectivity index (χ4v) is 3.05. The van der Waals surface area contributed by atoms with Crippen LogP contribution in [0.1, 0.15) is 68.5 Å². The molecule has 0 spiro atoms. The number of nitrogens with two attached hydrogens (primary N) is 1. The Morgan fingerprint density at radius 3 is 2.65 bits per heavy atom. The first-order chi connectivity index (χ1) is 8.38. The molecule has 1 aromatic heterocycles. The molecule has 0 radical (unpaired) electrons. The average Bonchev–Trinajstić information content (AvgIpc) is 2.76. The lowest BCUT2D eigenvalue weighted by Crippen LogP contribution is -2.25. The van der Waals surface area contributed by atoms with E-state index >= 15 is 0 Å². The smallest absolute Gasteiger partial charge is 0.230 e. The van der Waals surface area contributed by atoms with E-state index in [0.717, 1.165) is 24.7 Å². The van der Waals surface area contributed by atoms with Gasteiger partial charge in [-0.25, -0.2) is 0 Å². The van der Waals surface area contributed by atoms with Gasteiger partial charge in [0, 0.05) is 11.8 Å². The predicted molar refractivity (Wildman–Crippen MR) is 64.6 cm³/mol. The summed E-state index contributed by atoms with van der Waals surface area (Å²) in [5.74, 6) is 3.30. The maximum absolute atomic E-state index is 5.85. The SMILES string of the molecule is NCC1CCCCC1c1nc(C2CCC2)no1. The number of nitrogens with zero attached hydrogens (tertiary/aromatic N) is 2. The molecule has 0 aliphatic heterocycles. The monoisotopic (exact) mass is 235 g/mol. The lowest BCUT2D eigenvalue weighted by Gasteiger charge is -2.27. The van der Waals surface area contributed by atoms with Crippen molar-refractivity contribution in [2.45, 2.75) is 56.8 Å². The Balaban J connectivity index is 1.75. The number of rotatable bonds is 3. The van der Waals surface area contributed by atoms with Crippen LogP contribution >= 0.6 is 0 Å². The van der Waals surface area contributed by atoms with E-state index in [-0.39, 0.29) is 0 Å². The molecule has 2 N–H and O–H groups in total. The van der Waals surface area contributed by atoms with Crippen molar-refractivity contribution in [2.75, 3.05) is 6.54 Å². The Morgan fingerprint density at radius 1 is 1.12 bits per heavy atom. The van der Waals surface area contributed by atoms with Gasteiger partial charge in [-0.3, -0.25) is 0 Å². The van der Waals surface area contributed by atoms with Gasteiger partial charge in [0.2, 0.25) is 5.89 Å².